The lowest BCUT2D eigenvalue weighted by Gasteiger charge is -2.06. The molecule has 0 radical (unpaired) electrons. The van der Waals surface area contributed by atoms with E-state index in [-0.39, 0.29) is 5.69 Å². The molecule has 0 aliphatic heterocycles. The highest BCUT2D eigenvalue weighted by molar-refractivity contribution is 7.19. The number of nitro groups is 1. The molecule has 7 nitrogen and oxygen atoms in total. The van der Waals surface area contributed by atoms with Crippen LogP contribution in [0.1, 0.15) is 16.7 Å². The van der Waals surface area contributed by atoms with Gasteiger partial charge in [-0.05, 0) is 60.0 Å². The summed E-state index contributed by atoms with van der Waals surface area (Å²) in [5.74, 6) is 0.786. The highest BCUT2D eigenvalue weighted by atomic mass is 32.1. The third-order valence-electron chi connectivity index (χ3n) is 5.79. The molecule has 0 fully saturated rings. The van der Waals surface area contributed by atoms with Gasteiger partial charge in [-0.1, -0.05) is 71.5 Å². The van der Waals surface area contributed by atoms with E-state index in [0.29, 0.717) is 11.7 Å². The summed E-state index contributed by atoms with van der Waals surface area (Å²) in [5, 5.41) is 16.1. The van der Waals surface area contributed by atoms with Gasteiger partial charge in [0.2, 0.25) is 5.13 Å². The summed E-state index contributed by atoms with van der Waals surface area (Å²) in [7, 11) is 0. The molecular weight excluding hydrogens is 496 g/mol. The summed E-state index contributed by atoms with van der Waals surface area (Å²) < 4.78 is 5.84. The number of aryl methyl sites for hydroxylation is 1. The number of benzene rings is 4. The highest BCUT2D eigenvalue weighted by Crippen LogP contribution is 2.39. The predicted molar refractivity (Wildman–Crippen MR) is 153 cm³/mol. The molecule has 5 aromatic rings. The molecular formula is C30H24N4O3S. The molecule has 0 aliphatic rings. The molecule has 1 N–H and O–H groups in total. The van der Waals surface area contributed by atoms with E-state index in [1.165, 1.54) is 23.5 Å². The van der Waals surface area contributed by atoms with Crippen LogP contribution in [0.15, 0.2) is 108 Å². The van der Waals surface area contributed by atoms with E-state index in [4.69, 9.17) is 9.72 Å². The Morgan fingerprint density at radius 2 is 1.61 bits per heavy atom. The standard InChI is InChI=1S/C30H24N4O3S/c1-21-7-11-24(12-8-21)28-29(25-13-15-26(16-14-25)34(35)36)38-30(32-28)33-31-19-22-9-17-27(18-10-22)37-20-23-5-3-2-4-6-23/h2-19H,20H2,1H3,(H,32,33)/b31-19-. The van der Waals surface area contributed by atoms with Crippen molar-refractivity contribution in [2.45, 2.75) is 13.5 Å². The van der Waals surface area contributed by atoms with Gasteiger partial charge in [0.05, 0.1) is 21.7 Å². The van der Waals surface area contributed by atoms with Gasteiger partial charge in [0.25, 0.3) is 5.69 Å². The number of hydrazone groups is 1. The van der Waals surface area contributed by atoms with Crippen LogP contribution in [0.25, 0.3) is 21.7 Å². The van der Waals surface area contributed by atoms with Crippen LogP contribution in [-0.2, 0) is 6.61 Å². The normalized spacial score (nSPS) is 11.0. The largest absolute Gasteiger partial charge is 0.489 e. The Kier molecular flexibility index (Phi) is 7.52. The van der Waals surface area contributed by atoms with Crippen LogP contribution in [0.2, 0.25) is 0 Å². The van der Waals surface area contributed by atoms with Gasteiger partial charge in [0, 0.05) is 17.7 Å². The van der Waals surface area contributed by atoms with Gasteiger partial charge in [-0.2, -0.15) is 5.10 Å². The van der Waals surface area contributed by atoms with E-state index in [2.05, 4.69) is 10.5 Å². The Hall–Kier alpha value is -4.82. The first kappa shape index (κ1) is 24.9. The van der Waals surface area contributed by atoms with Crippen molar-refractivity contribution in [3.8, 4) is 27.4 Å². The fraction of sp³-hybridized carbons (Fsp3) is 0.0667. The van der Waals surface area contributed by atoms with Crippen molar-refractivity contribution in [3.63, 3.8) is 0 Å². The monoisotopic (exact) mass is 520 g/mol. The minimum Gasteiger partial charge on any atom is -0.489 e. The summed E-state index contributed by atoms with van der Waals surface area (Å²) in [4.78, 5) is 16.4. The van der Waals surface area contributed by atoms with Crippen molar-refractivity contribution < 1.29 is 9.66 Å². The van der Waals surface area contributed by atoms with Crippen molar-refractivity contribution in [2.75, 3.05) is 5.43 Å². The Bertz CT molecular complexity index is 1550. The number of hydrogen-bond donors (Lipinski definition) is 1. The van der Waals surface area contributed by atoms with E-state index in [0.717, 1.165) is 44.1 Å². The number of non-ortho nitro benzene ring substituents is 1. The zero-order chi connectivity index (χ0) is 26.3. The molecule has 0 amide bonds. The second kappa shape index (κ2) is 11.5. The summed E-state index contributed by atoms with van der Waals surface area (Å²) in [6.45, 7) is 2.55. The number of ether oxygens (including phenoxy) is 1. The molecule has 4 aromatic carbocycles. The minimum absolute atomic E-state index is 0.0505. The van der Waals surface area contributed by atoms with E-state index < -0.39 is 4.92 Å². The quantitative estimate of drug-likeness (QED) is 0.122. The van der Waals surface area contributed by atoms with Crippen LogP contribution in [0.4, 0.5) is 10.8 Å². The third kappa shape index (κ3) is 6.11. The average Bonchev–Trinajstić information content (AvgIpc) is 3.38. The summed E-state index contributed by atoms with van der Waals surface area (Å²) in [5.41, 5.74) is 8.87. The van der Waals surface area contributed by atoms with Crippen molar-refractivity contribution >= 4 is 28.4 Å². The van der Waals surface area contributed by atoms with Crippen LogP contribution in [0, 0.1) is 17.0 Å². The molecule has 0 aliphatic carbocycles. The number of nitrogens with one attached hydrogen (secondary N) is 1. The lowest BCUT2D eigenvalue weighted by Crippen LogP contribution is -1.95. The number of aromatic nitrogens is 1. The summed E-state index contributed by atoms with van der Waals surface area (Å²) in [6.07, 6.45) is 1.72. The van der Waals surface area contributed by atoms with Crippen molar-refractivity contribution in [3.05, 3.63) is 130 Å². The zero-order valence-corrected chi connectivity index (χ0v) is 21.4. The average molecular weight is 521 g/mol. The van der Waals surface area contributed by atoms with E-state index in [9.17, 15) is 10.1 Å². The number of anilines is 1. The Labute approximate surface area is 224 Å². The maximum Gasteiger partial charge on any atom is 0.269 e. The molecule has 188 valence electrons. The SMILES string of the molecule is Cc1ccc(-c2nc(N/N=C\c3ccc(OCc4ccccc4)cc3)sc2-c2ccc([N+](=O)[O-])cc2)cc1. The molecule has 0 saturated heterocycles. The number of nitro benzene ring substituents is 1. The van der Waals surface area contributed by atoms with Gasteiger partial charge in [-0.15, -0.1) is 0 Å². The Morgan fingerprint density at radius 3 is 2.29 bits per heavy atom. The van der Waals surface area contributed by atoms with Gasteiger partial charge >= 0.3 is 0 Å². The van der Waals surface area contributed by atoms with Crippen LogP contribution in [0.3, 0.4) is 0 Å². The fourth-order valence-electron chi connectivity index (χ4n) is 3.76. The molecule has 38 heavy (non-hydrogen) atoms. The van der Waals surface area contributed by atoms with Crippen molar-refractivity contribution in [2.24, 2.45) is 5.10 Å². The maximum atomic E-state index is 11.1. The summed E-state index contributed by atoms with van der Waals surface area (Å²) >= 11 is 1.44. The van der Waals surface area contributed by atoms with Gasteiger partial charge < -0.3 is 4.74 Å². The Morgan fingerprint density at radius 1 is 0.921 bits per heavy atom. The van der Waals surface area contributed by atoms with Crippen LogP contribution in [0.5, 0.6) is 5.75 Å². The number of thiazole rings is 1. The first-order chi connectivity index (χ1) is 18.5. The Balaban J connectivity index is 1.31. The molecule has 8 heteroatoms. The van der Waals surface area contributed by atoms with Crippen molar-refractivity contribution in [1.82, 2.24) is 4.98 Å². The maximum absolute atomic E-state index is 11.1. The molecule has 0 saturated carbocycles. The molecule has 1 aromatic heterocycles. The molecule has 0 atom stereocenters. The van der Waals surface area contributed by atoms with Crippen LogP contribution >= 0.6 is 11.3 Å². The van der Waals surface area contributed by atoms with E-state index >= 15 is 0 Å². The first-order valence-corrected chi connectivity index (χ1v) is 12.8. The molecule has 1 heterocycles. The van der Waals surface area contributed by atoms with Crippen LogP contribution < -0.4 is 10.2 Å². The lowest BCUT2D eigenvalue weighted by atomic mass is 10.1. The fourth-order valence-corrected chi connectivity index (χ4v) is 4.70. The molecule has 0 bridgehead atoms. The van der Waals surface area contributed by atoms with E-state index in [1.54, 1.807) is 18.3 Å². The lowest BCUT2D eigenvalue weighted by molar-refractivity contribution is -0.384. The van der Waals surface area contributed by atoms with E-state index in [1.807, 2.05) is 85.8 Å². The second-order valence-corrected chi connectivity index (χ2v) is 9.58. The van der Waals surface area contributed by atoms with Gasteiger partial charge in [-0.3, -0.25) is 15.5 Å². The van der Waals surface area contributed by atoms with Gasteiger partial charge in [0.1, 0.15) is 12.4 Å². The number of nitrogens with zero attached hydrogens (tertiary/aromatic N) is 3. The van der Waals surface area contributed by atoms with Gasteiger partial charge in [0.15, 0.2) is 0 Å². The van der Waals surface area contributed by atoms with Crippen molar-refractivity contribution in [1.29, 1.82) is 0 Å². The zero-order valence-electron chi connectivity index (χ0n) is 20.6. The summed E-state index contributed by atoms with van der Waals surface area (Å²) in [6, 6.07) is 32.4. The minimum atomic E-state index is -0.402. The number of hydrogen-bond acceptors (Lipinski definition) is 7. The number of rotatable bonds is 9. The topological polar surface area (TPSA) is 89.7 Å². The molecule has 0 unspecified atom stereocenters. The smallest absolute Gasteiger partial charge is 0.269 e. The van der Waals surface area contributed by atoms with Gasteiger partial charge in [-0.25, -0.2) is 4.98 Å². The predicted octanol–water partition coefficient (Wildman–Crippen LogP) is 7.72. The highest BCUT2D eigenvalue weighted by Gasteiger charge is 2.16. The molecule has 0 spiro atoms. The third-order valence-corrected chi connectivity index (χ3v) is 6.80. The molecule has 5 rings (SSSR count). The first-order valence-electron chi connectivity index (χ1n) is 11.9. The second-order valence-electron chi connectivity index (χ2n) is 8.58. The van der Waals surface area contributed by atoms with Crippen LogP contribution in [-0.4, -0.2) is 16.1 Å².